The standard InChI is InChI=1S/C15H21NO3S/c1-10-7-13(5-6-15(10)19-2)20(17,18)16-14-9-11-3-4-12(14)8-11/h5-7,11-12,14,16H,3-4,8-9H2,1-2H3/t11-,12-,14+/m0/s1. The molecule has 2 bridgehead atoms. The van der Waals surface area contributed by atoms with E-state index in [2.05, 4.69) is 4.72 Å². The van der Waals surface area contributed by atoms with Crippen molar-refractivity contribution in [1.82, 2.24) is 4.72 Å². The van der Waals surface area contributed by atoms with Gasteiger partial charge in [-0.25, -0.2) is 13.1 Å². The summed E-state index contributed by atoms with van der Waals surface area (Å²) >= 11 is 0. The number of hydrogen-bond donors (Lipinski definition) is 1. The Morgan fingerprint density at radius 3 is 2.60 bits per heavy atom. The van der Waals surface area contributed by atoms with E-state index in [1.807, 2.05) is 6.92 Å². The number of fused-ring (bicyclic) bond motifs is 2. The van der Waals surface area contributed by atoms with E-state index in [9.17, 15) is 8.42 Å². The summed E-state index contributed by atoms with van der Waals surface area (Å²) in [7, 11) is -1.83. The zero-order chi connectivity index (χ0) is 14.3. The predicted molar refractivity (Wildman–Crippen MR) is 77.3 cm³/mol. The van der Waals surface area contributed by atoms with Crippen LogP contribution in [0, 0.1) is 18.8 Å². The van der Waals surface area contributed by atoms with E-state index in [-0.39, 0.29) is 6.04 Å². The van der Waals surface area contributed by atoms with E-state index in [0.29, 0.717) is 16.6 Å². The van der Waals surface area contributed by atoms with Crippen LogP contribution in [0.25, 0.3) is 0 Å². The summed E-state index contributed by atoms with van der Waals surface area (Å²) < 4.78 is 33.0. The third-order valence-electron chi connectivity index (χ3n) is 4.72. The lowest BCUT2D eigenvalue weighted by Gasteiger charge is -2.22. The molecular weight excluding hydrogens is 274 g/mol. The summed E-state index contributed by atoms with van der Waals surface area (Å²) in [5, 5.41) is 0. The third kappa shape index (κ3) is 2.44. The molecule has 0 unspecified atom stereocenters. The molecule has 3 atom stereocenters. The van der Waals surface area contributed by atoms with Crippen molar-refractivity contribution >= 4 is 10.0 Å². The van der Waals surface area contributed by atoms with Crippen LogP contribution in [0.3, 0.4) is 0 Å². The van der Waals surface area contributed by atoms with Crippen molar-refractivity contribution in [2.45, 2.75) is 43.5 Å². The molecule has 1 aromatic carbocycles. The lowest BCUT2D eigenvalue weighted by Crippen LogP contribution is -2.38. The fraction of sp³-hybridized carbons (Fsp3) is 0.600. The van der Waals surface area contributed by atoms with Crippen molar-refractivity contribution in [3.8, 4) is 5.75 Å². The molecule has 2 fully saturated rings. The maximum Gasteiger partial charge on any atom is 0.240 e. The van der Waals surface area contributed by atoms with Gasteiger partial charge in [-0.1, -0.05) is 6.42 Å². The monoisotopic (exact) mass is 295 g/mol. The van der Waals surface area contributed by atoms with E-state index in [1.165, 1.54) is 19.3 Å². The van der Waals surface area contributed by atoms with Gasteiger partial charge >= 0.3 is 0 Å². The molecule has 0 aromatic heterocycles. The Morgan fingerprint density at radius 1 is 1.25 bits per heavy atom. The molecule has 20 heavy (non-hydrogen) atoms. The van der Waals surface area contributed by atoms with Gasteiger partial charge in [0.25, 0.3) is 0 Å². The second-order valence-corrected chi connectivity index (χ2v) is 7.75. The molecule has 0 spiro atoms. The molecular formula is C15H21NO3S. The summed E-state index contributed by atoms with van der Waals surface area (Å²) in [5.74, 6) is 1.98. The highest BCUT2D eigenvalue weighted by atomic mass is 32.2. The van der Waals surface area contributed by atoms with Crippen molar-refractivity contribution in [1.29, 1.82) is 0 Å². The second kappa shape index (κ2) is 5.04. The number of hydrogen-bond acceptors (Lipinski definition) is 3. The lowest BCUT2D eigenvalue weighted by atomic mass is 9.96. The Morgan fingerprint density at radius 2 is 2.05 bits per heavy atom. The molecule has 0 radical (unpaired) electrons. The van der Waals surface area contributed by atoms with Gasteiger partial charge < -0.3 is 4.74 Å². The van der Waals surface area contributed by atoms with Crippen molar-refractivity contribution in [2.75, 3.05) is 7.11 Å². The molecule has 0 aliphatic heterocycles. The van der Waals surface area contributed by atoms with Gasteiger partial charge in [-0.3, -0.25) is 0 Å². The van der Waals surface area contributed by atoms with Crippen molar-refractivity contribution in [3.63, 3.8) is 0 Å². The zero-order valence-corrected chi connectivity index (χ0v) is 12.7. The zero-order valence-electron chi connectivity index (χ0n) is 11.9. The summed E-state index contributed by atoms with van der Waals surface area (Å²) in [5.41, 5.74) is 0.836. The smallest absolute Gasteiger partial charge is 0.240 e. The van der Waals surface area contributed by atoms with Crippen molar-refractivity contribution in [3.05, 3.63) is 23.8 Å². The van der Waals surface area contributed by atoms with Crippen LogP contribution in [0.2, 0.25) is 0 Å². The first kappa shape index (κ1) is 13.9. The van der Waals surface area contributed by atoms with Crippen molar-refractivity contribution in [2.24, 2.45) is 11.8 Å². The van der Waals surface area contributed by atoms with E-state index >= 15 is 0 Å². The van der Waals surface area contributed by atoms with Gasteiger partial charge in [0.05, 0.1) is 12.0 Å². The first-order chi connectivity index (χ1) is 9.49. The highest BCUT2D eigenvalue weighted by Crippen LogP contribution is 2.44. The Balaban J connectivity index is 1.79. The van der Waals surface area contributed by atoms with Crippen LogP contribution in [-0.2, 0) is 10.0 Å². The highest BCUT2D eigenvalue weighted by molar-refractivity contribution is 7.89. The van der Waals surface area contributed by atoms with E-state index in [0.717, 1.165) is 17.9 Å². The van der Waals surface area contributed by atoms with Crippen LogP contribution >= 0.6 is 0 Å². The maximum atomic E-state index is 12.5. The largest absolute Gasteiger partial charge is 0.496 e. The summed E-state index contributed by atoms with van der Waals surface area (Å²) in [6.07, 6.45) is 4.62. The number of nitrogens with one attached hydrogen (secondary N) is 1. The lowest BCUT2D eigenvalue weighted by molar-refractivity contribution is 0.390. The second-order valence-electron chi connectivity index (χ2n) is 6.03. The molecule has 2 aliphatic carbocycles. The number of sulfonamides is 1. The Labute approximate surface area is 120 Å². The minimum atomic E-state index is -3.42. The number of rotatable bonds is 4. The first-order valence-corrected chi connectivity index (χ1v) is 8.65. The predicted octanol–water partition coefficient (Wildman–Crippen LogP) is 2.47. The van der Waals surface area contributed by atoms with E-state index in [4.69, 9.17) is 4.74 Å². The average Bonchev–Trinajstić information content (AvgIpc) is 3.00. The molecule has 0 heterocycles. The molecule has 1 N–H and O–H groups in total. The molecule has 1 aromatic rings. The average molecular weight is 295 g/mol. The molecule has 2 aliphatic rings. The van der Waals surface area contributed by atoms with Gasteiger partial charge in [0, 0.05) is 6.04 Å². The van der Waals surface area contributed by atoms with Gasteiger partial charge in [-0.15, -0.1) is 0 Å². The van der Waals surface area contributed by atoms with Gasteiger partial charge in [-0.2, -0.15) is 0 Å². The topological polar surface area (TPSA) is 55.4 Å². The summed E-state index contributed by atoms with van der Waals surface area (Å²) in [4.78, 5) is 0.332. The number of methoxy groups -OCH3 is 1. The van der Waals surface area contributed by atoms with Gasteiger partial charge in [0.15, 0.2) is 0 Å². The fourth-order valence-electron chi connectivity index (χ4n) is 3.67. The number of benzene rings is 1. The van der Waals surface area contributed by atoms with Crippen molar-refractivity contribution < 1.29 is 13.2 Å². The van der Waals surface area contributed by atoms with Crippen LogP contribution in [0.15, 0.2) is 23.1 Å². The Kier molecular flexibility index (Phi) is 3.50. The molecule has 5 heteroatoms. The summed E-state index contributed by atoms with van der Waals surface area (Å²) in [6, 6.07) is 5.13. The van der Waals surface area contributed by atoms with Crippen LogP contribution in [0.4, 0.5) is 0 Å². The molecule has 3 rings (SSSR count). The molecule has 2 saturated carbocycles. The summed E-state index contributed by atoms with van der Waals surface area (Å²) in [6.45, 7) is 1.86. The quantitative estimate of drug-likeness (QED) is 0.928. The molecule has 110 valence electrons. The van der Waals surface area contributed by atoms with Gasteiger partial charge in [-0.05, 0) is 61.8 Å². The van der Waals surface area contributed by atoms with Crippen LogP contribution in [0.1, 0.15) is 31.2 Å². The minimum Gasteiger partial charge on any atom is -0.496 e. The molecule has 4 nitrogen and oxygen atoms in total. The van der Waals surface area contributed by atoms with Crippen LogP contribution in [-0.4, -0.2) is 21.6 Å². The maximum absolute atomic E-state index is 12.5. The Bertz CT molecular complexity index is 612. The number of aryl methyl sites for hydroxylation is 1. The van der Waals surface area contributed by atoms with Crippen LogP contribution < -0.4 is 9.46 Å². The van der Waals surface area contributed by atoms with E-state index in [1.54, 1.807) is 25.3 Å². The Hall–Kier alpha value is -1.07. The first-order valence-electron chi connectivity index (χ1n) is 7.16. The SMILES string of the molecule is COc1ccc(S(=O)(=O)N[C@@H]2C[C@H]3CC[C@H]2C3)cc1C. The third-order valence-corrected chi connectivity index (χ3v) is 6.21. The minimum absolute atomic E-state index is 0.126. The van der Waals surface area contributed by atoms with E-state index < -0.39 is 10.0 Å². The normalized spacial score (nSPS) is 28.8. The van der Waals surface area contributed by atoms with Crippen LogP contribution in [0.5, 0.6) is 5.75 Å². The number of ether oxygens (including phenoxy) is 1. The fourth-order valence-corrected chi connectivity index (χ4v) is 5.08. The molecule has 0 amide bonds. The highest BCUT2D eigenvalue weighted by Gasteiger charge is 2.41. The molecule has 0 saturated heterocycles. The van der Waals surface area contributed by atoms with Gasteiger partial charge in [0.1, 0.15) is 5.75 Å². The van der Waals surface area contributed by atoms with Gasteiger partial charge in [0.2, 0.25) is 10.0 Å².